The van der Waals surface area contributed by atoms with E-state index in [1.807, 2.05) is 54.9 Å². The minimum Gasteiger partial charge on any atom is -0.385 e. The third-order valence-electron chi connectivity index (χ3n) is 5.50. The number of aryl methyl sites for hydroxylation is 2. The smallest absolute Gasteiger partial charge is 0.229 e. The molecule has 28 heavy (non-hydrogen) atoms. The summed E-state index contributed by atoms with van der Waals surface area (Å²) in [5, 5.41) is 13.8. The molecule has 6 heteroatoms. The average molecular weight is 378 g/mol. The van der Waals surface area contributed by atoms with Gasteiger partial charge in [-0.2, -0.15) is 0 Å². The van der Waals surface area contributed by atoms with Gasteiger partial charge < -0.3 is 5.11 Å². The zero-order valence-corrected chi connectivity index (χ0v) is 16.6. The Morgan fingerprint density at radius 2 is 2.07 bits per heavy atom. The number of imidazole rings is 1. The number of nitrogens with one attached hydrogen (secondary N) is 1. The number of aromatic nitrogens is 3. The van der Waals surface area contributed by atoms with Crippen molar-refractivity contribution in [1.82, 2.24) is 14.5 Å². The van der Waals surface area contributed by atoms with Gasteiger partial charge in [0, 0.05) is 12.2 Å². The van der Waals surface area contributed by atoms with Crippen LogP contribution in [-0.2, 0) is 10.4 Å². The molecule has 0 unspecified atom stereocenters. The Morgan fingerprint density at radius 3 is 2.75 bits per heavy atom. The normalized spacial score (nSPS) is 16.6. The molecular weight excluding hydrogens is 352 g/mol. The molecule has 1 saturated carbocycles. The first-order valence-electron chi connectivity index (χ1n) is 9.77. The van der Waals surface area contributed by atoms with Gasteiger partial charge in [-0.15, -0.1) is 0 Å². The standard InChI is InChI=1S/C22H26N4O2/c1-14-6-4-7-16(10-14)22(3,28)12-19(27)25-21-24-18-11-15(2)13-23-20(18)26(21)17-8-5-9-17/h4,6-7,10-11,13,17,28H,5,8-9,12H2,1-3H3,(H,24,25,27)/t22-/m0/s1. The van der Waals surface area contributed by atoms with Gasteiger partial charge in [0.25, 0.3) is 0 Å². The molecular formula is C22H26N4O2. The highest BCUT2D eigenvalue weighted by Crippen LogP contribution is 2.37. The molecule has 1 atom stereocenters. The van der Waals surface area contributed by atoms with Crippen molar-refractivity contribution >= 4 is 23.0 Å². The summed E-state index contributed by atoms with van der Waals surface area (Å²) >= 11 is 0. The van der Waals surface area contributed by atoms with Crippen LogP contribution in [0.3, 0.4) is 0 Å². The first-order valence-corrected chi connectivity index (χ1v) is 9.77. The van der Waals surface area contributed by atoms with Crippen LogP contribution < -0.4 is 5.32 Å². The van der Waals surface area contributed by atoms with E-state index >= 15 is 0 Å². The van der Waals surface area contributed by atoms with Gasteiger partial charge in [0.2, 0.25) is 11.9 Å². The fourth-order valence-electron chi connectivity index (χ4n) is 3.73. The summed E-state index contributed by atoms with van der Waals surface area (Å²) in [6.07, 6.45) is 5.07. The van der Waals surface area contributed by atoms with E-state index in [1.165, 1.54) is 6.42 Å². The van der Waals surface area contributed by atoms with Gasteiger partial charge in [0.1, 0.15) is 5.52 Å². The Kier molecular flexibility index (Phi) is 4.67. The van der Waals surface area contributed by atoms with Crippen molar-refractivity contribution in [3.63, 3.8) is 0 Å². The predicted molar refractivity (Wildman–Crippen MR) is 109 cm³/mol. The Morgan fingerprint density at radius 1 is 1.29 bits per heavy atom. The molecule has 2 N–H and O–H groups in total. The lowest BCUT2D eigenvalue weighted by Crippen LogP contribution is -2.30. The number of fused-ring (bicyclic) bond motifs is 1. The third-order valence-corrected chi connectivity index (χ3v) is 5.50. The molecule has 0 bridgehead atoms. The summed E-state index contributed by atoms with van der Waals surface area (Å²) in [5.41, 5.74) is 3.15. The summed E-state index contributed by atoms with van der Waals surface area (Å²) in [4.78, 5) is 21.9. The van der Waals surface area contributed by atoms with E-state index in [0.717, 1.165) is 40.7 Å². The van der Waals surface area contributed by atoms with Crippen molar-refractivity contribution < 1.29 is 9.90 Å². The van der Waals surface area contributed by atoms with Gasteiger partial charge in [-0.3, -0.25) is 14.7 Å². The van der Waals surface area contributed by atoms with Crippen LogP contribution >= 0.6 is 0 Å². The van der Waals surface area contributed by atoms with Crippen LogP contribution in [0.5, 0.6) is 0 Å². The second-order valence-corrected chi connectivity index (χ2v) is 8.11. The topological polar surface area (TPSA) is 80.0 Å². The Balaban J connectivity index is 1.60. The highest BCUT2D eigenvalue weighted by atomic mass is 16.3. The van der Waals surface area contributed by atoms with Gasteiger partial charge >= 0.3 is 0 Å². The van der Waals surface area contributed by atoms with E-state index in [0.29, 0.717) is 12.0 Å². The number of pyridine rings is 1. The molecule has 1 amide bonds. The van der Waals surface area contributed by atoms with Gasteiger partial charge in [0.15, 0.2) is 5.65 Å². The Labute approximate surface area is 164 Å². The number of rotatable bonds is 5. The lowest BCUT2D eigenvalue weighted by Gasteiger charge is -2.29. The molecule has 4 rings (SSSR count). The predicted octanol–water partition coefficient (Wildman–Crippen LogP) is 4.01. The second-order valence-electron chi connectivity index (χ2n) is 8.11. The van der Waals surface area contributed by atoms with Crippen molar-refractivity contribution in [2.45, 2.75) is 58.1 Å². The van der Waals surface area contributed by atoms with Gasteiger partial charge in [-0.05, 0) is 57.2 Å². The van der Waals surface area contributed by atoms with Crippen LogP contribution in [0.1, 0.15) is 55.3 Å². The van der Waals surface area contributed by atoms with Gasteiger partial charge in [-0.1, -0.05) is 29.8 Å². The Hall–Kier alpha value is -2.73. The molecule has 0 aliphatic heterocycles. The maximum absolute atomic E-state index is 12.8. The zero-order valence-electron chi connectivity index (χ0n) is 16.6. The van der Waals surface area contributed by atoms with E-state index in [-0.39, 0.29) is 12.3 Å². The number of carbonyl (C=O) groups is 1. The van der Waals surface area contributed by atoms with Crippen molar-refractivity contribution in [3.8, 4) is 0 Å². The highest BCUT2D eigenvalue weighted by molar-refractivity contribution is 5.91. The molecule has 0 radical (unpaired) electrons. The van der Waals surface area contributed by atoms with Crippen molar-refractivity contribution in [3.05, 3.63) is 53.2 Å². The molecule has 1 fully saturated rings. The maximum Gasteiger partial charge on any atom is 0.229 e. The summed E-state index contributed by atoms with van der Waals surface area (Å²) in [6, 6.07) is 9.90. The lowest BCUT2D eigenvalue weighted by atomic mass is 9.91. The molecule has 146 valence electrons. The minimum atomic E-state index is -1.25. The third kappa shape index (κ3) is 3.52. The number of aliphatic hydroxyl groups is 1. The largest absolute Gasteiger partial charge is 0.385 e. The van der Waals surface area contributed by atoms with Crippen LogP contribution in [0.15, 0.2) is 36.5 Å². The number of anilines is 1. The summed E-state index contributed by atoms with van der Waals surface area (Å²) in [7, 11) is 0. The summed E-state index contributed by atoms with van der Waals surface area (Å²) < 4.78 is 2.04. The molecule has 6 nitrogen and oxygen atoms in total. The first-order chi connectivity index (χ1) is 13.3. The van der Waals surface area contributed by atoms with Gasteiger partial charge in [-0.25, -0.2) is 9.97 Å². The van der Waals surface area contributed by atoms with Crippen molar-refractivity contribution in [1.29, 1.82) is 0 Å². The summed E-state index contributed by atoms with van der Waals surface area (Å²) in [6.45, 7) is 5.61. The number of nitrogens with zero attached hydrogens (tertiary/aromatic N) is 3. The quantitative estimate of drug-likeness (QED) is 0.703. The van der Waals surface area contributed by atoms with Crippen LogP contribution in [0.2, 0.25) is 0 Å². The molecule has 0 spiro atoms. The molecule has 3 aromatic rings. The number of benzene rings is 1. The van der Waals surface area contributed by atoms with E-state index < -0.39 is 5.60 Å². The van der Waals surface area contributed by atoms with Crippen molar-refractivity contribution in [2.24, 2.45) is 0 Å². The molecule has 0 saturated heterocycles. The number of amides is 1. The number of hydrogen-bond donors (Lipinski definition) is 2. The van der Waals surface area contributed by atoms with E-state index in [2.05, 4.69) is 15.3 Å². The molecule has 2 aromatic heterocycles. The molecule has 1 aliphatic carbocycles. The number of carbonyl (C=O) groups excluding carboxylic acids is 1. The molecule has 1 aliphatic rings. The fraction of sp³-hybridized carbons (Fsp3) is 0.409. The van der Waals surface area contributed by atoms with Crippen LogP contribution in [0.25, 0.3) is 11.2 Å². The summed E-state index contributed by atoms with van der Waals surface area (Å²) in [5.74, 6) is 0.252. The highest BCUT2D eigenvalue weighted by Gasteiger charge is 2.30. The van der Waals surface area contributed by atoms with Crippen molar-refractivity contribution in [2.75, 3.05) is 5.32 Å². The molecule has 1 aromatic carbocycles. The second kappa shape index (κ2) is 7.02. The zero-order chi connectivity index (χ0) is 19.9. The van der Waals surface area contributed by atoms with Crippen LogP contribution in [0, 0.1) is 13.8 Å². The number of hydrogen-bond acceptors (Lipinski definition) is 4. The monoisotopic (exact) mass is 378 g/mol. The average Bonchev–Trinajstić information content (AvgIpc) is 2.89. The maximum atomic E-state index is 12.8. The van der Waals surface area contributed by atoms with Gasteiger partial charge in [0.05, 0.1) is 12.0 Å². The van der Waals surface area contributed by atoms with E-state index in [9.17, 15) is 9.90 Å². The molecule has 2 heterocycles. The fourth-order valence-corrected chi connectivity index (χ4v) is 3.73. The van der Waals surface area contributed by atoms with E-state index in [4.69, 9.17) is 0 Å². The van der Waals surface area contributed by atoms with Crippen LogP contribution in [-0.4, -0.2) is 25.5 Å². The Bertz CT molecular complexity index is 1030. The van der Waals surface area contributed by atoms with E-state index in [1.54, 1.807) is 6.92 Å². The SMILES string of the molecule is Cc1cccc([C@@](C)(O)CC(=O)Nc2nc3cc(C)cnc3n2C2CCC2)c1. The first kappa shape index (κ1) is 18.6. The van der Waals surface area contributed by atoms with Crippen LogP contribution in [0.4, 0.5) is 5.95 Å². The minimum absolute atomic E-state index is 0.0449. The lowest BCUT2D eigenvalue weighted by molar-refractivity contribution is -0.120.